The van der Waals surface area contributed by atoms with Gasteiger partial charge in [-0.25, -0.2) is 14.4 Å². The number of carbonyl (C=O) groups is 4. The summed E-state index contributed by atoms with van der Waals surface area (Å²) in [4.78, 5) is 48.5. The van der Waals surface area contributed by atoms with Crippen molar-refractivity contribution in [2.75, 3.05) is 6.61 Å². The van der Waals surface area contributed by atoms with Gasteiger partial charge in [-0.2, -0.15) is 0 Å². The van der Waals surface area contributed by atoms with E-state index in [0.717, 1.165) is 22.3 Å². The fourth-order valence-corrected chi connectivity index (χ4v) is 4.19. The smallest absolute Gasteiger partial charge is 0.409 e. The number of carboxylic acids is 1. The number of nitrogens with one attached hydrogen (secondary N) is 3. The summed E-state index contributed by atoms with van der Waals surface area (Å²) in [6.07, 6.45) is -3.63. The molecule has 0 bridgehead atoms. The predicted molar refractivity (Wildman–Crippen MR) is 137 cm³/mol. The van der Waals surface area contributed by atoms with Gasteiger partial charge in [-0.15, -0.1) is 0 Å². The van der Waals surface area contributed by atoms with Gasteiger partial charge in [0.2, 0.25) is 12.1 Å². The molecule has 1 aliphatic carbocycles. The second kappa shape index (κ2) is 11.9. The summed E-state index contributed by atoms with van der Waals surface area (Å²) in [5, 5.41) is 16.0. The van der Waals surface area contributed by atoms with Crippen molar-refractivity contribution in [2.24, 2.45) is 0 Å². The summed E-state index contributed by atoms with van der Waals surface area (Å²) in [6, 6.07) is 23.4. The number of amides is 3. The molecule has 0 aromatic heterocycles. The summed E-state index contributed by atoms with van der Waals surface area (Å²) >= 11 is 0. The van der Waals surface area contributed by atoms with Crippen LogP contribution in [0.3, 0.4) is 0 Å². The molecule has 0 spiro atoms. The number of fused-ring (bicyclic) bond motifs is 3. The number of rotatable bonds is 9. The Labute approximate surface area is 219 Å². The maximum atomic E-state index is 12.5. The van der Waals surface area contributed by atoms with E-state index < -0.39 is 36.3 Å². The quantitative estimate of drug-likeness (QED) is 0.319. The van der Waals surface area contributed by atoms with E-state index in [2.05, 4.69) is 16.0 Å². The topological polar surface area (TPSA) is 143 Å². The third kappa shape index (κ3) is 6.28. The highest BCUT2D eigenvalue weighted by Crippen LogP contribution is 2.44. The second-order valence-corrected chi connectivity index (χ2v) is 8.68. The van der Waals surface area contributed by atoms with Gasteiger partial charge in [-0.05, 0) is 34.7 Å². The number of aliphatic carboxylic acids is 1. The molecule has 0 aliphatic heterocycles. The fourth-order valence-electron chi connectivity index (χ4n) is 4.19. The van der Waals surface area contributed by atoms with Crippen LogP contribution in [0.25, 0.3) is 11.1 Å². The predicted octanol–water partition coefficient (Wildman–Crippen LogP) is 3.37. The highest BCUT2D eigenvalue weighted by Gasteiger charge is 2.30. The normalized spacial score (nSPS) is 13.3. The van der Waals surface area contributed by atoms with Gasteiger partial charge >= 0.3 is 18.2 Å². The van der Waals surface area contributed by atoms with Crippen LogP contribution in [0, 0.1) is 0 Å². The minimum atomic E-state index is -1.77. The number of carbonyl (C=O) groups excluding carboxylic acids is 3. The molecule has 0 saturated carbocycles. The molecular weight excluding hydrogens is 490 g/mol. The molecule has 2 atom stereocenters. The molecule has 196 valence electrons. The molecule has 0 heterocycles. The van der Waals surface area contributed by atoms with Crippen molar-refractivity contribution in [1.82, 2.24) is 16.0 Å². The monoisotopic (exact) mass is 517 g/mol. The lowest BCUT2D eigenvalue weighted by atomic mass is 9.98. The second-order valence-electron chi connectivity index (χ2n) is 8.68. The van der Waals surface area contributed by atoms with Crippen LogP contribution in [0.4, 0.5) is 9.59 Å². The molecule has 3 aromatic carbocycles. The van der Waals surface area contributed by atoms with E-state index in [-0.39, 0.29) is 19.1 Å². The largest absolute Gasteiger partial charge is 0.478 e. The molecule has 10 heteroatoms. The van der Waals surface area contributed by atoms with Crippen LogP contribution in [0.2, 0.25) is 0 Å². The Morgan fingerprint density at radius 1 is 0.763 bits per heavy atom. The Kier molecular flexibility index (Phi) is 8.22. The maximum Gasteiger partial charge on any atom is 0.409 e. The molecule has 0 fully saturated rings. The molecule has 4 rings (SSSR count). The summed E-state index contributed by atoms with van der Waals surface area (Å²) in [5.74, 6) is -2.50. The van der Waals surface area contributed by atoms with Crippen molar-refractivity contribution in [2.45, 2.75) is 31.7 Å². The zero-order chi connectivity index (χ0) is 27.1. The number of hydrogen-bond donors (Lipinski definition) is 4. The lowest BCUT2D eigenvalue weighted by Gasteiger charge is -2.20. The molecule has 0 saturated heterocycles. The Morgan fingerprint density at radius 3 is 1.92 bits per heavy atom. The zero-order valence-corrected chi connectivity index (χ0v) is 20.5. The van der Waals surface area contributed by atoms with Gasteiger partial charge in [0.05, 0.1) is 0 Å². The first-order valence-electron chi connectivity index (χ1n) is 12.0. The number of hydrogen-bond acceptors (Lipinski definition) is 6. The third-order valence-corrected chi connectivity index (χ3v) is 6.08. The molecule has 1 aliphatic rings. The number of alkyl carbamates (subject to hydrolysis) is 2. The SMILES string of the molecule is CC(NC(=O)OCC1c2ccccc2-c2ccccc21)C(=O)NC(NC(=O)OCc1ccccc1)C(=O)O. The van der Waals surface area contributed by atoms with Crippen LogP contribution < -0.4 is 16.0 Å². The summed E-state index contributed by atoms with van der Waals surface area (Å²) in [5.41, 5.74) is 4.96. The van der Waals surface area contributed by atoms with E-state index in [1.807, 2.05) is 48.5 Å². The highest BCUT2D eigenvalue weighted by molar-refractivity contribution is 5.90. The summed E-state index contributed by atoms with van der Waals surface area (Å²) < 4.78 is 10.4. The van der Waals surface area contributed by atoms with Gasteiger partial charge in [0.15, 0.2) is 0 Å². The standard InChI is InChI=1S/C28H27N3O7/c1-17(25(32)30-24(26(33)34)31-28(36)37-15-18-9-3-2-4-10-18)29-27(35)38-16-23-21-13-7-5-11-19(21)20-12-6-8-14-22(20)23/h2-14,17,23-24H,15-16H2,1H3,(H,29,35)(H,30,32)(H,31,36)(H,33,34). The fraction of sp³-hybridized carbons (Fsp3) is 0.214. The Balaban J connectivity index is 1.27. The van der Waals surface area contributed by atoms with Crippen molar-refractivity contribution in [3.05, 3.63) is 95.6 Å². The first kappa shape index (κ1) is 26.2. The van der Waals surface area contributed by atoms with Gasteiger partial charge in [0.1, 0.15) is 19.3 Å². The molecule has 0 radical (unpaired) electrons. The third-order valence-electron chi connectivity index (χ3n) is 6.08. The minimum Gasteiger partial charge on any atom is -0.478 e. The van der Waals surface area contributed by atoms with Crippen LogP contribution in [0.5, 0.6) is 0 Å². The molecule has 3 amide bonds. The molecule has 4 N–H and O–H groups in total. The van der Waals surface area contributed by atoms with Crippen LogP contribution in [0.1, 0.15) is 29.5 Å². The molecule has 2 unspecified atom stereocenters. The van der Waals surface area contributed by atoms with Crippen LogP contribution in [-0.2, 0) is 25.7 Å². The van der Waals surface area contributed by atoms with E-state index in [0.29, 0.717) is 5.56 Å². The Bertz CT molecular complexity index is 1280. The van der Waals surface area contributed by atoms with Gasteiger partial charge < -0.3 is 25.2 Å². The van der Waals surface area contributed by atoms with Crippen molar-refractivity contribution in [3.63, 3.8) is 0 Å². The van der Waals surface area contributed by atoms with Crippen LogP contribution >= 0.6 is 0 Å². The van der Waals surface area contributed by atoms with Gasteiger partial charge in [0.25, 0.3) is 0 Å². The summed E-state index contributed by atoms with van der Waals surface area (Å²) in [6.45, 7) is 1.34. The van der Waals surface area contributed by atoms with Gasteiger partial charge in [0, 0.05) is 5.92 Å². The molecule has 10 nitrogen and oxygen atoms in total. The Morgan fingerprint density at radius 2 is 1.32 bits per heavy atom. The number of ether oxygens (including phenoxy) is 2. The van der Waals surface area contributed by atoms with Gasteiger partial charge in [-0.3, -0.25) is 10.1 Å². The van der Waals surface area contributed by atoms with E-state index in [1.165, 1.54) is 6.92 Å². The maximum absolute atomic E-state index is 12.5. The van der Waals surface area contributed by atoms with Crippen LogP contribution in [0.15, 0.2) is 78.9 Å². The first-order chi connectivity index (χ1) is 18.3. The zero-order valence-electron chi connectivity index (χ0n) is 20.5. The van der Waals surface area contributed by atoms with Crippen molar-refractivity contribution in [3.8, 4) is 11.1 Å². The number of benzene rings is 3. The van der Waals surface area contributed by atoms with Crippen molar-refractivity contribution < 1.29 is 33.8 Å². The van der Waals surface area contributed by atoms with E-state index in [9.17, 15) is 24.3 Å². The van der Waals surface area contributed by atoms with E-state index >= 15 is 0 Å². The van der Waals surface area contributed by atoms with Crippen LogP contribution in [-0.4, -0.2) is 48.0 Å². The lowest BCUT2D eigenvalue weighted by molar-refractivity contribution is -0.142. The highest BCUT2D eigenvalue weighted by atomic mass is 16.6. The minimum absolute atomic E-state index is 0.0563. The average molecular weight is 518 g/mol. The van der Waals surface area contributed by atoms with E-state index in [1.54, 1.807) is 30.3 Å². The number of carboxylic acid groups (broad SMARTS) is 1. The average Bonchev–Trinajstić information content (AvgIpc) is 3.24. The molecule has 3 aromatic rings. The lowest BCUT2D eigenvalue weighted by Crippen LogP contribution is -2.57. The van der Waals surface area contributed by atoms with Gasteiger partial charge in [-0.1, -0.05) is 78.9 Å². The molecular formula is C28H27N3O7. The van der Waals surface area contributed by atoms with Crippen molar-refractivity contribution >= 4 is 24.1 Å². The van der Waals surface area contributed by atoms with E-state index in [4.69, 9.17) is 9.47 Å². The Hall–Kier alpha value is -4.86. The van der Waals surface area contributed by atoms with Crippen molar-refractivity contribution in [1.29, 1.82) is 0 Å². The molecule has 38 heavy (non-hydrogen) atoms. The first-order valence-corrected chi connectivity index (χ1v) is 12.0. The summed E-state index contributed by atoms with van der Waals surface area (Å²) in [7, 11) is 0.